The van der Waals surface area contributed by atoms with Gasteiger partial charge in [-0.2, -0.15) is 5.10 Å². The second-order valence-electron chi connectivity index (χ2n) is 4.56. The van der Waals surface area contributed by atoms with E-state index in [2.05, 4.69) is 37.9 Å². The molecule has 1 N–H and O–H groups in total. The first-order valence-electron chi connectivity index (χ1n) is 6.44. The Morgan fingerprint density at radius 1 is 1.58 bits per heavy atom. The van der Waals surface area contributed by atoms with E-state index in [1.807, 2.05) is 13.1 Å². The number of hydrogen-bond acceptors (Lipinski definition) is 4. The van der Waals surface area contributed by atoms with Gasteiger partial charge in [0.05, 0.1) is 23.0 Å². The first-order valence-corrected chi connectivity index (χ1v) is 7.52. The van der Waals surface area contributed by atoms with Gasteiger partial charge in [-0.3, -0.25) is 14.4 Å². The molecule has 1 aliphatic rings. The summed E-state index contributed by atoms with van der Waals surface area (Å²) in [7, 11) is 0. The lowest BCUT2D eigenvalue weighted by Crippen LogP contribution is -2.42. The number of rotatable bonds is 5. The highest BCUT2D eigenvalue weighted by atomic mass is 127. The predicted octanol–water partition coefficient (Wildman–Crippen LogP) is 0.497. The second-order valence-corrected chi connectivity index (χ2v) is 5.81. The Morgan fingerprint density at radius 2 is 2.32 bits per heavy atom. The molecule has 1 amide bonds. The van der Waals surface area contributed by atoms with Crippen molar-refractivity contribution in [3.63, 3.8) is 0 Å². The molecule has 0 saturated carbocycles. The Labute approximate surface area is 126 Å². The summed E-state index contributed by atoms with van der Waals surface area (Å²) in [4.78, 5) is 14.3. The number of nitrogens with one attached hydrogen (secondary N) is 1. The summed E-state index contributed by atoms with van der Waals surface area (Å²) in [6.45, 7) is 6.87. The van der Waals surface area contributed by atoms with Crippen molar-refractivity contribution in [1.82, 2.24) is 20.0 Å². The number of aromatic nitrogens is 2. The lowest BCUT2D eigenvalue weighted by atomic mass is 10.3. The first-order chi connectivity index (χ1) is 9.16. The number of nitrogens with zero attached hydrogens (tertiary/aromatic N) is 3. The maximum Gasteiger partial charge on any atom is 0.244 e. The number of carbonyl (C=O) groups is 1. The molecule has 0 aliphatic carbocycles. The smallest absolute Gasteiger partial charge is 0.244 e. The van der Waals surface area contributed by atoms with Crippen molar-refractivity contribution >= 4 is 28.5 Å². The zero-order valence-electron chi connectivity index (χ0n) is 11.0. The normalized spacial score (nSPS) is 18.2. The van der Waals surface area contributed by atoms with E-state index in [9.17, 15) is 4.79 Å². The molecule has 0 radical (unpaired) electrons. The van der Waals surface area contributed by atoms with Crippen molar-refractivity contribution < 1.29 is 9.53 Å². The quantitative estimate of drug-likeness (QED) is 0.759. The van der Waals surface area contributed by atoms with Crippen molar-refractivity contribution in [3.8, 4) is 0 Å². The molecule has 0 bridgehead atoms. The SMILES string of the molecule is CC(C(=O)NCCN1CCOCC1)n1cc(I)cn1. The van der Waals surface area contributed by atoms with E-state index < -0.39 is 0 Å². The third-order valence-electron chi connectivity index (χ3n) is 3.18. The molecule has 1 unspecified atom stereocenters. The Hall–Kier alpha value is -0.670. The highest BCUT2D eigenvalue weighted by Crippen LogP contribution is 2.08. The van der Waals surface area contributed by atoms with Crippen LogP contribution in [0.4, 0.5) is 0 Å². The summed E-state index contributed by atoms with van der Waals surface area (Å²) >= 11 is 2.18. The third kappa shape index (κ3) is 4.43. The average molecular weight is 378 g/mol. The Bertz CT molecular complexity index is 418. The fourth-order valence-corrected chi connectivity index (χ4v) is 2.37. The Balaban J connectivity index is 1.71. The van der Waals surface area contributed by atoms with Gasteiger partial charge in [-0.15, -0.1) is 0 Å². The standard InChI is InChI=1S/C12H19IN4O2/c1-10(17-9-11(13)8-15-17)12(18)14-2-3-16-4-6-19-7-5-16/h8-10H,2-7H2,1H3,(H,14,18). The van der Waals surface area contributed by atoms with E-state index in [4.69, 9.17) is 4.74 Å². The molecule has 1 saturated heterocycles. The number of hydrogen-bond donors (Lipinski definition) is 1. The molecule has 2 rings (SSSR count). The van der Waals surface area contributed by atoms with E-state index in [0.29, 0.717) is 6.54 Å². The highest BCUT2D eigenvalue weighted by molar-refractivity contribution is 14.1. The van der Waals surface area contributed by atoms with Crippen molar-refractivity contribution in [2.75, 3.05) is 39.4 Å². The molecule has 19 heavy (non-hydrogen) atoms. The van der Waals surface area contributed by atoms with Crippen LogP contribution in [0, 0.1) is 3.57 Å². The van der Waals surface area contributed by atoms with E-state index in [-0.39, 0.29) is 11.9 Å². The van der Waals surface area contributed by atoms with Gasteiger partial charge >= 0.3 is 0 Å². The highest BCUT2D eigenvalue weighted by Gasteiger charge is 2.16. The molecule has 1 aromatic heterocycles. The van der Waals surface area contributed by atoms with Crippen LogP contribution >= 0.6 is 22.6 Å². The van der Waals surface area contributed by atoms with E-state index in [1.165, 1.54) is 0 Å². The lowest BCUT2D eigenvalue weighted by Gasteiger charge is -2.26. The monoisotopic (exact) mass is 378 g/mol. The van der Waals surface area contributed by atoms with Crippen LogP contribution in [-0.2, 0) is 9.53 Å². The summed E-state index contributed by atoms with van der Waals surface area (Å²) in [6, 6.07) is -0.270. The maximum absolute atomic E-state index is 12.0. The topological polar surface area (TPSA) is 59.4 Å². The average Bonchev–Trinajstić information content (AvgIpc) is 2.85. The fraction of sp³-hybridized carbons (Fsp3) is 0.667. The predicted molar refractivity (Wildman–Crippen MR) is 79.9 cm³/mol. The van der Waals surface area contributed by atoms with Crippen LogP contribution in [0.5, 0.6) is 0 Å². The second kappa shape index (κ2) is 7.20. The molecule has 1 aliphatic heterocycles. The minimum Gasteiger partial charge on any atom is -0.379 e. The zero-order valence-corrected chi connectivity index (χ0v) is 13.2. The molecule has 0 spiro atoms. The van der Waals surface area contributed by atoms with Gasteiger partial charge in [0, 0.05) is 32.4 Å². The van der Waals surface area contributed by atoms with Gasteiger partial charge in [0.2, 0.25) is 5.91 Å². The number of carbonyl (C=O) groups excluding carboxylic acids is 1. The van der Waals surface area contributed by atoms with Crippen molar-refractivity contribution in [2.45, 2.75) is 13.0 Å². The van der Waals surface area contributed by atoms with Crippen molar-refractivity contribution in [3.05, 3.63) is 16.0 Å². The number of amides is 1. The van der Waals surface area contributed by atoms with Gasteiger partial charge in [-0.1, -0.05) is 0 Å². The van der Waals surface area contributed by atoms with Gasteiger partial charge in [0.15, 0.2) is 0 Å². The number of ether oxygens (including phenoxy) is 1. The first kappa shape index (κ1) is 14.7. The third-order valence-corrected chi connectivity index (χ3v) is 3.73. The van der Waals surface area contributed by atoms with Crippen LogP contribution in [0.1, 0.15) is 13.0 Å². The van der Waals surface area contributed by atoms with E-state index in [0.717, 1.165) is 36.4 Å². The molecule has 1 aromatic rings. The Kier molecular flexibility index (Phi) is 5.59. The molecule has 2 heterocycles. The van der Waals surface area contributed by atoms with Crippen LogP contribution in [0.2, 0.25) is 0 Å². The maximum atomic E-state index is 12.0. The largest absolute Gasteiger partial charge is 0.379 e. The summed E-state index contributed by atoms with van der Waals surface area (Å²) in [5.41, 5.74) is 0. The van der Waals surface area contributed by atoms with Crippen molar-refractivity contribution in [1.29, 1.82) is 0 Å². The van der Waals surface area contributed by atoms with Gasteiger partial charge in [0.25, 0.3) is 0 Å². The fourth-order valence-electron chi connectivity index (χ4n) is 1.96. The number of halogens is 1. The molecule has 6 nitrogen and oxygen atoms in total. The van der Waals surface area contributed by atoms with Gasteiger partial charge in [0.1, 0.15) is 6.04 Å². The van der Waals surface area contributed by atoms with Crippen LogP contribution in [-0.4, -0.2) is 60.0 Å². The minimum atomic E-state index is -0.270. The summed E-state index contributed by atoms with van der Waals surface area (Å²) in [6.07, 6.45) is 3.62. The van der Waals surface area contributed by atoms with Crippen LogP contribution in [0.25, 0.3) is 0 Å². The molecular weight excluding hydrogens is 359 g/mol. The van der Waals surface area contributed by atoms with Crippen LogP contribution in [0.15, 0.2) is 12.4 Å². The molecule has 106 valence electrons. The molecule has 1 fully saturated rings. The zero-order chi connectivity index (χ0) is 13.7. The van der Waals surface area contributed by atoms with Crippen molar-refractivity contribution in [2.24, 2.45) is 0 Å². The molecular formula is C12H19IN4O2. The van der Waals surface area contributed by atoms with E-state index in [1.54, 1.807) is 10.9 Å². The van der Waals surface area contributed by atoms with Gasteiger partial charge in [-0.05, 0) is 29.5 Å². The summed E-state index contributed by atoms with van der Waals surface area (Å²) in [5.74, 6) is 0.00718. The Morgan fingerprint density at radius 3 is 2.95 bits per heavy atom. The van der Waals surface area contributed by atoms with Gasteiger partial charge in [-0.25, -0.2) is 0 Å². The van der Waals surface area contributed by atoms with Crippen LogP contribution in [0.3, 0.4) is 0 Å². The van der Waals surface area contributed by atoms with Gasteiger partial charge < -0.3 is 10.1 Å². The number of morpholine rings is 1. The lowest BCUT2D eigenvalue weighted by molar-refractivity contribution is -0.124. The summed E-state index contributed by atoms with van der Waals surface area (Å²) in [5, 5.41) is 7.11. The molecule has 7 heteroatoms. The molecule has 0 aromatic carbocycles. The molecule has 1 atom stereocenters. The summed E-state index contributed by atoms with van der Waals surface area (Å²) < 4.78 is 8.00. The minimum absolute atomic E-state index is 0.00718. The van der Waals surface area contributed by atoms with E-state index >= 15 is 0 Å². The van der Waals surface area contributed by atoms with Crippen LogP contribution < -0.4 is 5.32 Å².